The highest BCUT2D eigenvalue weighted by atomic mass is 16.5. The zero-order chi connectivity index (χ0) is 16.9. The average Bonchev–Trinajstić information content (AvgIpc) is 2.58. The molecule has 0 atom stereocenters. The average molecular weight is 318 g/mol. The molecular formula is C20H30O3. The van der Waals surface area contributed by atoms with Crippen molar-refractivity contribution in [3.05, 3.63) is 47.9 Å². The van der Waals surface area contributed by atoms with Crippen LogP contribution in [-0.2, 0) is 14.2 Å². The smallest absolute Gasteiger partial charge is 0.0895 e. The Balaban J connectivity index is 2.52. The SMILES string of the molecule is CCCCOC=C(C)c1ccc(C(C)=COCCCOC)cc1. The molecule has 1 aromatic carbocycles. The standard InChI is InChI=1S/C20H30O3/c1-5-6-13-22-15-17(2)19-8-10-20(11-9-19)18(3)16-23-14-7-12-21-4/h8-11,15-16H,5-7,12-14H2,1-4H3. The number of hydrogen-bond donors (Lipinski definition) is 0. The Bertz CT molecular complexity index is 486. The zero-order valence-corrected chi connectivity index (χ0v) is 14.9. The Kier molecular flexibility index (Phi) is 9.89. The zero-order valence-electron chi connectivity index (χ0n) is 14.9. The van der Waals surface area contributed by atoms with E-state index in [9.17, 15) is 0 Å². The molecule has 0 aliphatic heterocycles. The molecule has 0 heterocycles. The molecule has 0 aromatic heterocycles. The molecule has 0 spiro atoms. The molecule has 0 aliphatic rings. The van der Waals surface area contributed by atoms with Gasteiger partial charge in [0.1, 0.15) is 0 Å². The summed E-state index contributed by atoms with van der Waals surface area (Å²) in [5, 5.41) is 0. The largest absolute Gasteiger partial charge is 0.501 e. The van der Waals surface area contributed by atoms with E-state index < -0.39 is 0 Å². The fourth-order valence-electron chi connectivity index (χ4n) is 2.01. The molecule has 0 amide bonds. The Morgan fingerprint density at radius 1 is 0.826 bits per heavy atom. The predicted octanol–water partition coefficient (Wildman–Crippen LogP) is 5.28. The monoisotopic (exact) mass is 318 g/mol. The number of benzene rings is 1. The lowest BCUT2D eigenvalue weighted by Gasteiger charge is -2.07. The summed E-state index contributed by atoms with van der Waals surface area (Å²) in [7, 11) is 1.70. The van der Waals surface area contributed by atoms with Gasteiger partial charge in [0.2, 0.25) is 0 Å². The van der Waals surface area contributed by atoms with Crippen LogP contribution in [0.2, 0.25) is 0 Å². The molecule has 1 rings (SSSR count). The van der Waals surface area contributed by atoms with Gasteiger partial charge in [-0.05, 0) is 42.5 Å². The number of rotatable bonds is 11. The number of allylic oxidation sites excluding steroid dienone is 2. The van der Waals surface area contributed by atoms with E-state index in [1.54, 1.807) is 7.11 Å². The Hall–Kier alpha value is -1.74. The third kappa shape index (κ3) is 7.89. The summed E-state index contributed by atoms with van der Waals surface area (Å²) in [6, 6.07) is 8.46. The van der Waals surface area contributed by atoms with Crippen LogP contribution in [0.5, 0.6) is 0 Å². The van der Waals surface area contributed by atoms with Crippen molar-refractivity contribution in [3.8, 4) is 0 Å². The lowest BCUT2D eigenvalue weighted by atomic mass is 10.0. The minimum Gasteiger partial charge on any atom is -0.501 e. The van der Waals surface area contributed by atoms with E-state index in [1.165, 1.54) is 11.1 Å². The first-order valence-corrected chi connectivity index (χ1v) is 8.35. The van der Waals surface area contributed by atoms with E-state index in [2.05, 4.69) is 45.0 Å². The van der Waals surface area contributed by atoms with Crippen LogP contribution in [-0.4, -0.2) is 26.9 Å². The van der Waals surface area contributed by atoms with E-state index in [4.69, 9.17) is 14.2 Å². The molecule has 0 aliphatic carbocycles. The van der Waals surface area contributed by atoms with Gasteiger partial charge in [-0.2, -0.15) is 0 Å². The quantitative estimate of drug-likeness (QED) is 0.410. The number of ether oxygens (including phenoxy) is 3. The van der Waals surface area contributed by atoms with Gasteiger partial charge in [0.25, 0.3) is 0 Å². The van der Waals surface area contributed by atoms with Crippen LogP contribution in [0.25, 0.3) is 11.1 Å². The molecule has 0 fully saturated rings. The van der Waals surface area contributed by atoms with Crippen LogP contribution >= 0.6 is 0 Å². The van der Waals surface area contributed by atoms with Crippen molar-refractivity contribution in [2.24, 2.45) is 0 Å². The van der Waals surface area contributed by atoms with Gasteiger partial charge in [0, 0.05) is 20.1 Å². The van der Waals surface area contributed by atoms with Gasteiger partial charge in [0.05, 0.1) is 25.7 Å². The molecule has 1 aromatic rings. The second kappa shape index (κ2) is 11.8. The molecule has 0 N–H and O–H groups in total. The number of unbranched alkanes of at least 4 members (excludes halogenated alkanes) is 1. The first kappa shape index (κ1) is 19.3. The van der Waals surface area contributed by atoms with Crippen LogP contribution in [0.4, 0.5) is 0 Å². The van der Waals surface area contributed by atoms with Crippen molar-refractivity contribution in [1.29, 1.82) is 0 Å². The highest BCUT2D eigenvalue weighted by Crippen LogP contribution is 2.19. The van der Waals surface area contributed by atoms with E-state index in [1.807, 2.05) is 12.5 Å². The fourth-order valence-corrected chi connectivity index (χ4v) is 2.01. The third-order valence-corrected chi connectivity index (χ3v) is 3.54. The van der Waals surface area contributed by atoms with Gasteiger partial charge < -0.3 is 14.2 Å². The minimum absolute atomic E-state index is 0.681. The minimum atomic E-state index is 0.681. The molecular weight excluding hydrogens is 288 g/mol. The van der Waals surface area contributed by atoms with Crippen LogP contribution in [0.15, 0.2) is 36.8 Å². The van der Waals surface area contributed by atoms with Crippen molar-refractivity contribution in [2.45, 2.75) is 40.0 Å². The summed E-state index contributed by atoms with van der Waals surface area (Å²) < 4.78 is 16.1. The van der Waals surface area contributed by atoms with Crippen molar-refractivity contribution >= 4 is 11.1 Å². The van der Waals surface area contributed by atoms with Crippen LogP contribution in [0.1, 0.15) is 51.2 Å². The summed E-state index contributed by atoms with van der Waals surface area (Å²) in [6.45, 7) is 8.49. The number of hydrogen-bond acceptors (Lipinski definition) is 3. The van der Waals surface area contributed by atoms with Gasteiger partial charge in [-0.15, -0.1) is 0 Å². The third-order valence-electron chi connectivity index (χ3n) is 3.54. The summed E-state index contributed by atoms with van der Waals surface area (Å²) in [5.74, 6) is 0. The van der Waals surface area contributed by atoms with E-state index in [0.29, 0.717) is 6.61 Å². The molecule has 0 saturated heterocycles. The van der Waals surface area contributed by atoms with Gasteiger partial charge >= 0.3 is 0 Å². The molecule has 128 valence electrons. The van der Waals surface area contributed by atoms with Gasteiger partial charge in [-0.3, -0.25) is 0 Å². The molecule has 3 heteroatoms. The number of methoxy groups -OCH3 is 1. The van der Waals surface area contributed by atoms with Crippen molar-refractivity contribution in [1.82, 2.24) is 0 Å². The predicted molar refractivity (Wildman–Crippen MR) is 97.0 cm³/mol. The summed E-state index contributed by atoms with van der Waals surface area (Å²) in [5.41, 5.74) is 4.61. The second-order valence-corrected chi connectivity index (χ2v) is 5.62. The lowest BCUT2D eigenvalue weighted by molar-refractivity contribution is 0.157. The van der Waals surface area contributed by atoms with Crippen LogP contribution in [0.3, 0.4) is 0 Å². The van der Waals surface area contributed by atoms with E-state index in [0.717, 1.165) is 43.6 Å². The lowest BCUT2D eigenvalue weighted by Crippen LogP contribution is -1.95. The van der Waals surface area contributed by atoms with Crippen LogP contribution < -0.4 is 0 Å². The maximum Gasteiger partial charge on any atom is 0.0895 e. The second-order valence-electron chi connectivity index (χ2n) is 5.62. The molecule has 0 radical (unpaired) electrons. The summed E-state index contributed by atoms with van der Waals surface area (Å²) in [4.78, 5) is 0. The molecule has 23 heavy (non-hydrogen) atoms. The first-order valence-electron chi connectivity index (χ1n) is 8.35. The molecule has 0 saturated carbocycles. The molecule has 0 unspecified atom stereocenters. The van der Waals surface area contributed by atoms with Crippen molar-refractivity contribution in [2.75, 3.05) is 26.9 Å². The van der Waals surface area contributed by atoms with Gasteiger partial charge in [-0.1, -0.05) is 37.6 Å². The van der Waals surface area contributed by atoms with E-state index in [-0.39, 0.29) is 0 Å². The summed E-state index contributed by atoms with van der Waals surface area (Å²) in [6.07, 6.45) is 6.83. The van der Waals surface area contributed by atoms with Crippen molar-refractivity contribution in [3.63, 3.8) is 0 Å². The highest BCUT2D eigenvalue weighted by molar-refractivity contribution is 5.68. The van der Waals surface area contributed by atoms with Gasteiger partial charge in [0.15, 0.2) is 0 Å². The van der Waals surface area contributed by atoms with Gasteiger partial charge in [-0.25, -0.2) is 0 Å². The fraction of sp³-hybridized carbons (Fsp3) is 0.500. The maximum absolute atomic E-state index is 5.55. The molecule has 0 bridgehead atoms. The van der Waals surface area contributed by atoms with Crippen LogP contribution in [0, 0.1) is 0 Å². The normalized spacial score (nSPS) is 12.3. The Labute approximate surface area is 141 Å². The Morgan fingerprint density at radius 3 is 1.74 bits per heavy atom. The van der Waals surface area contributed by atoms with Crippen molar-refractivity contribution < 1.29 is 14.2 Å². The maximum atomic E-state index is 5.55. The van der Waals surface area contributed by atoms with E-state index >= 15 is 0 Å². The topological polar surface area (TPSA) is 27.7 Å². The highest BCUT2D eigenvalue weighted by Gasteiger charge is 2.00. The first-order chi connectivity index (χ1) is 11.2. The summed E-state index contributed by atoms with van der Waals surface area (Å²) >= 11 is 0. The molecule has 3 nitrogen and oxygen atoms in total. The Morgan fingerprint density at radius 2 is 1.30 bits per heavy atom.